The fourth-order valence-electron chi connectivity index (χ4n) is 1.75. The first-order chi connectivity index (χ1) is 8.78. The van der Waals surface area contributed by atoms with E-state index in [-0.39, 0.29) is 6.61 Å². The van der Waals surface area contributed by atoms with E-state index in [2.05, 4.69) is 4.98 Å². The van der Waals surface area contributed by atoms with Gasteiger partial charge in [0.05, 0.1) is 20.8 Å². The average molecular weight is 245 g/mol. The molecule has 0 amide bonds. The highest BCUT2D eigenvalue weighted by atomic mass is 16.5. The fourth-order valence-corrected chi connectivity index (χ4v) is 1.75. The fraction of sp³-hybridized carbons (Fsp3) is 0.214. The minimum atomic E-state index is -0.0553. The molecule has 2 rings (SSSR count). The first-order valence-corrected chi connectivity index (χ1v) is 5.56. The maximum absolute atomic E-state index is 9.39. The Labute approximate surface area is 106 Å². The van der Waals surface area contributed by atoms with Gasteiger partial charge in [0, 0.05) is 17.8 Å². The molecule has 0 aliphatic carbocycles. The lowest BCUT2D eigenvalue weighted by molar-refractivity contribution is 0.281. The van der Waals surface area contributed by atoms with E-state index in [1.54, 1.807) is 26.5 Å². The Balaban J connectivity index is 2.42. The van der Waals surface area contributed by atoms with Crippen molar-refractivity contribution in [2.75, 3.05) is 14.2 Å². The Morgan fingerprint density at radius 1 is 1.11 bits per heavy atom. The second-order valence-corrected chi connectivity index (χ2v) is 3.77. The summed E-state index contributed by atoms with van der Waals surface area (Å²) in [4.78, 5) is 4.16. The zero-order valence-corrected chi connectivity index (χ0v) is 10.4. The summed E-state index contributed by atoms with van der Waals surface area (Å²) in [5, 5.41) is 9.39. The van der Waals surface area contributed by atoms with E-state index >= 15 is 0 Å². The summed E-state index contributed by atoms with van der Waals surface area (Å²) in [6, 6.07) is 9.35. The average Bonchev–Trinajstić information content (AvgIpc) is 2.46. The third-order valence-electron chi connectivity index (χ3n) is 2.75. The molecule has 0 unspecified atom stereocenters. The first-order valence-electron chi connectivity index (χ1n) is 5.56. The van der Waals surface area contributed by atoms with Crippen LogP contribution >= 0.6 is 0 Å². The van der Waals surface area contributed by atoms with E-state index in [9.17, 15) is 5.11 Å². The van der Waals surface area contributed by atoms with Gasteiger partial charge in [0.2, 0.25) is 5.88 Å². The summed E-state index contributed by atoms with van der Waals surface area (Å²) in [7, 11) is 3.18. The summed E-state index contributed by atoms with van der Waals surface area (Å²) >= 11 is 0. The Morgan fingerprint density at radius 2 is 1.83 bits per heavy atom. The van der Waals surface area contributed by atoms with Gasteiger partial charge in [0.1, 0.15) is 5.75 Å². The van der Waals surface area contributed by atoms with Crippen molar-refractivity contribution in [3.05, 3.63) is 42.1 Å². The SMILES string of the molecule is COc1ccc(-c2cnc(OC)cc2CO)cc1. The molecule has 4 heteroatoms. The standard InChI is InChI=1S/C14H15NO3/c1-17-12-5-3-10(4-6-12)13-8-15-14(18-2)7-11(13)9-16/h3-8,16H,9H2,1-2H3. The molecule has 0 saturated carbocycles. The van der Waals surface area contributed by atoms with Crippen LogP contribution in [0.2, 0.25) is 0 Å². The predicted molar refractivity (Wildman–Crippen MR) is 68.7 cm³/mol. The van der Waals surface area contributed by atoms with Gasteiger partial charge in [-0.05, 0) is 23.3 Å². The number of aromatic nitrogens is 1. The maximum atomic E-state index is 9.39. The zero-order chi connectivity index (χ0) is 13.0. The minimum absolute atomic E-state index is 0.0553. The van der Waals surface area contributed by atoms with Crippen LogP contribution in [-0.2, 0) is 6.61 Å². The molecule has 0 aliphatic rings. The van der Waals surface area contributed by atoms with Gasteiger partial charge in [0.15, 0.2) is 0 Å². The summed E-state index contributed by atoms with van der Waals surface area (Å²) in [6.45, 7) is -0.0553. The highest BCUT2D eigenvalue weighted by molar-refractivity contribution is 5.67. The molecule has 1 N–H and O–H groups in total. The number of hydrogen-bond acceptors (Lipinski definition) is 4. The lowest BCUT2D eigenvalue weighted by Crippen LogP contribution is -1.95. The summed E-state index contributed by atoms with van der Waals surface area (Å²) in [5.74, 6) is 1.29. The third-order valence-corrected chi connectivity index (χ3v) is 2.75. The molecule has 1 heterocycles. The molecular weight excluding hydrogens is 230 g/mol. The molecule has 1 aromatic carbocycles. The Hall–Kier alpha value is -2.07. The van der Waals surface area contributed by atoms with Crippen LogP contribution in [0.1, 0.15) is 5.56 Å². The monoisotopic (exact) mass is 245 g/mol. The van der Waals surface area contributed by atoms with E-state index in [1.165, 1.54) is 0 Å². The van der Waals surface area contributed by atoms with Gasteiger partial charge in [-0.3, -0.25) is 0 Å². The van der Waals surface area contributed by atoms with Gasteiger partial charge in [0.25, 0.3) is 0 Å². The van der Waals surface area contributed by atoms with Crippen molar-refractivity contribution in [1.29, 1.82) is 0 Å². The van der Waals surface area contributed by atoms with Gasteiger partial charge >= 0.3 is 0 Å². The molecule has 2 aromatic rings. The molecule has 94 valence electrons. The molecule has 0 aliphatic heterocycles. The number of ether oxygens (including phenoxy) is 2. The number of aliphatic hydroxyl groups excluding tert-OH is 1. The molecule has 18 heavy (non-hydrogen) atoms. The number of rotatable bonds is 4. The van der Waals surface area contributed by atoms with Crippen LogP contribution < -0.4 is 9.47 Å². The van der Waals surface area contributed by atoms with Gasteiger partial charge in [-0.2, -0.15) is 0 Å². The van der Waals surface area contributed by atoms with E-state index < -0.39 is 0 Å². The number of aliphatic hydroxyl groups is 1. The third kappa shape index (κ3) is 2.43. The number of nitrogens with zero attached hydrogens (tertiary/aromatic N) is 1. The van der Waals surface area contributed by atoms with Crippen LogP contribution in [0.15, 0.2) is 36.5 Å². The normalized spacial score (nSPS) is 10.2. The summed E-state index contributed by atoms with van der Waals surface area (Å²) in [6.07, 6.45) is 1.70. The summed E-state index contributed by atoms with van der Waals surface area (Å²) in [5.41, 5.74) is 2.66. The molecule has 0 radical (unpaired) electrons. The molecule has 0 atom stereocenters. The maximum Gasteiger partial charge on any atom is 0.213 e. The topological polar surface area (TPSA) is 51.6 Å². The van der Waals surface area contributed by atoms with Crippen molar-refractivity contribution in [1.82, 2.24) is 4.98 Å². The molecule has 4 nitrogen and oxygen atoms in total. The molecule has 1 aromatic heterocycles. The van der Waals surface area contributed by atoms with E-state index in [4.69, 9.17) is 9.47 Å². The zero-order valence-electron chi connectivity index (χ0n) is 10.4. The van der Waals surface area contributed by atoms with Gasteiger partial charge in [-0.25, -0.2) is 4.98 Å². The molecule has 0 spiro atoms. The van der Waals surface area contributed by atoms with Crippen LogP contribution in [-0.4, -0.2) is 24.3 Å². The number of pyridine rings is 1. The van der Waals surface area contributed by atoms with E-state index in [0.717, 1.165) is 22.4 Å². The lowest BCUT2D eigenvalue weighted by Gasteiger charge is -2.09. The summed E-state index contributed by atoms with van der Waals surface area (Å²) < 4.78 is 10.2. The molecule has 0 saturated heterocycles. The second-order valence-electron chi connectivity index (χ2n) is 3.77. The predicted octanol–water partition coefficient (Wildman–Crippen LogP) is 2.26. The van der Waals surface area contributed by atoms with Crippen molar-refractivity contribution in [2.45, 2.75) is 6.61 Å². The highest BCUT2D eigenvalue weighted by Gasteiger charge is 2.07. The Kier molecular flexibility index (Phi) is 3.79. The van der Waals surface area contributed by atoms with Gasteiger partial charge < -0.3 is 14.6 Å². The van der Waals surface area contributed by atoms with Crippen LogP contribution in [0.5, 0.6) is 11.6 Å². The minimum Gasteiger partial charge on any atom is -0.497 e. The number of benzene rings is 1. The first kappa shape index (κ1) is 12.4. The molecule has 0 fully saturated rings. The lowest BCUT2D eigenvalue weighted by atomic mass is 10.0. The quantitative estimate of drug-likeness (QED) is 0.897. The second kappa shape index (κ2) is 5.51. The van der Waals surface area contributed by atoms with Crippen LogP contribution in [0, 0.1) is 0 Å². The molecular formula is C14H15NO3. The van der Waals surface area contributed by atoms with E-state index in [1.807, 2.05) is 24.3 Å². The van der Waals surface area contributed by atoms with Crippen LogP contribution in [0.4, 0.5) is 0 Å². The van der Waals surface area contributed by atoms with Crippen molar-refractivity contribution >= 4 is 0 Å². The number of hydrogen-bond donors (Lipinski definition) is 1. The largest absolute Gasteiger partial charge is 0.497 e. The smallest absolute Gasteiger partial charge is 0.213 e. The van der Waals surface area contributed by atoms with Gasteiger partial charge in [-0.15, -0.1) is 0 Å². The Bertz CT molecular complexity index is 523. The van der Waals surface area contributed by atoms with Crippen LogP contribution in [0.3, 0.4) is 0 Å². The van der Waals surface area contributed by atoms with Crippen LogP contribution in [0.25, 0.3) is 11.1 Å². The van der Waals surface area contributed by atoms with Crippen molar-refractivity contribution in [3.8, 4) is 22.8 Å². The Morgan fingerprint density at radius 3 is 2.39 bits per heavy atom. The number of methoxy groups -OCH3 is 2. The van der Waals surface area contributed by atoms with Crippen molar-refractivity contribution < 1.29 is 14.6 Å². The van der Waals surface area contributed by atoms with Gasteiger partial charge in [-0.1, -0.05) is 12.1 Å². The van der Waals surface area contributed by atoms with Crippen molar-refractivity contribution in [2.24, 2.45) is 0 Å². The van der Waals surface area contributed by atoms with E-state index in [0.29, 0.717) is 5.88 Å². The highest BCUT2D eigenvalue weighted by Crippen LogP contribution is 2.27. The van der Waals surface area contributed by atoms with Crippen molar-refractivity contribution in [3.63, 3.8) is 0 Å². The molecule has 0 bridgehead atoms.